The van der Waals surface area contributed by atoms with E-state index in [2.05, 4.69) is 5.32 Å². The molecule has 15 heteroatoms. The Bertz CT molecular complexity index is 2300. The summed E-state index contributed by atoms with van der Waals surface area (Å²) in [4.78, 5) is 78.2. The van der Waals surface area contributed by atoms with Crippen LogP contribution in [0, 0.1) is 6.92 Å². The fourth-order valence-electron chi connectivity index (χ4n) is 6.74. The van der Waals surface area contributed by atoms with Gasteiger partial charge in [-0.15, -0.1) is 0 Å². The normalized spacial score (nSPS) is 15.6. The lowest BCUT2D eigenvalue weighted by Crippen LogP contribution is -2.55. The van der Waals surface area contributed by atoms with Crippen LogP contribution in [-0.2, 0) is 11.8 Å². The summed E-state index contributed by atoms with van der Waals surface area (Å²) in [6.45, 7) is 1.54. The van der Waals surface area contributed by atoms with Crippen molar-refractivity contribution in [1.29, 1.82) is 0 Å². The fraction of sp³-hybridized carbons (Fsp3) is 0.167. The number of carbonyl (C=O) groups is 6. The van der Waals surface area contributed by atoms with Gasteiger partial charge >= 0.3 is 12.4 Å². The van der Waals surface area contributed by atoms with E-state index in [-0.39, 0.29) is 29.0 Å². The number of hydrogen-bond acceptors (Lipinski definition) is 6. The summed E-state index contributed by atoms with van der Waals surface area (Å²) in [6, 6.07) is 11.7. The lowest BCUT2D eigenvalue weighted by Gasteiger charge is -2.38. The first-order valence-electron chi connectivity index (χ1n) is 15.1. The molecular weight excluding hydrogens is 684 g/mol. The Balaban J connectivity index is 1.28. The predicted molar refractivity (Wildman–Crippen MR) is 167 cm³/mol. The smallest absolute Gasteiger partial charge is 0.322 e. The molecule has 2 heterocycles. The molecule has 5 amide bonds. The number of anilines is 2. The van der Waals surface area contributed by atoms with Gasteiger partial charge in [-0.25, -0.2) is 4.90 Å². The first kappa shape index (κ1) is 33.4. The highest BCUT2D eigenvalue weighted by Gasteiger charge is 2.73. The number of aryl methyl sites for hydroxylation is 1. The highest BCUT2D eigenvalue weighted by atomic mass is 19.4. The molecule has 1 N–H and O–H groups in total. The molecule has 7 rings (SSSR count). The van der Waals surface area contributed by atoms with Gasteiger partial charge in [-0.1, -0.05) is 18.2 Å². The molecule has 0 saturated heterocycles. The van der Waals surface area contributed by atoms with Crippen molar-refractivity contribution in [3.63, 3.8) is 0 Å². The third-order valence-corrected chi connectivity index (χ3v) is 9.29. The zero-order valence-corrected chi connectivity index (χ0v) is 26.2. The third-order valence-electron chi connectivity index (χ3n) is 9.29. The van der Waals surface area contributed by atoms with Crippen molar-refractivity contribution in [3.05, 3.63) is 128 Å². The summed E-state index contributed by atoms with van der Waals surface area (Å²) in [5.74, 6) is -5.10. The molecule has 1 aliphatic carbocycles. The molecule has 0 unspecified atom stereocenters. The number of Topliss-reactive ketones (excluding diaryl/α,β-unsaturated/α-hetero) is 1. The minimum atomic E-state index is -6.11. The van der Waals surface area contributed by atoms with Crippen LogP contribution < -0.4 is 10.2 Å². The molecule has 4 aromatic rings. The summed E-state index contributed by atoms with van der Waals surface area (Å²) in [5, 5.41) is 2.62. The van der Waals surface area contributed by atoms with E-state index < -0.39 is 75.1 Å². The minimum Gasteiger partial charge on any atom is -0.322 e. The van der Waals surface area contributed by atoms with E-state index in [1.54, 1.807) is 12.1 Å². The molecule has 0 saturated carbocycles. The highest BCUT2D eigenvalue weighted by Crippen LogP contribution is 2.57. The third kappa shape index (κ3) is 4.78. The quantitative estimate of drug-likeness (QED) is 0.189. The zero-order chi connectivity index (χ0) is 36.9. The topological polar surface area (TPSA) is 121 Å². The van der Waals surface area contributed by atoms with Crippen LogP contribution in [0.15, 0.2) is 72.8 Å². The van der Waals surface area contributed by atoms with Gasteiger partial charge in [-0.3, -0.25) is 33.7 Å². The van der Waals surface area contributed by atoms with Crippen molar-refractivity contribution in [2.24, 2.45) is 0 Å². The van der Waals surface area contributed by atoms with E-state index in [1.807, 2.05) is 0 Å². The highest BCUT2D eigenvalue weighted by molar-refractivity contribution is 6.34. The summed E-state index contributed by atoms with van der Waals surface area (Å²) >= 11 is 0. The van der Waals surface area contributed by atoms with Gasteiger partial charge in [0.2, 0.25) is 5.41 Å². The molecule has 0 bridgehead atoms. The summed E-state index contributed by atoms with van der Waals surface area (Å²) in [5.41, 5.74) is -8.26. The number of alkyl halides is 6. The summed E-state index contributed by atoms with van der Waals surface area (Å²) < 4.78 is 90.0. The number of nitrogens with one attached hydrogen (secondary N) is 1. The van der Waals surface area contributed by atoms with Gasteiger partial charge < -0.3 is 5.32 Å². The second-order valence-electron chi connectivity index (χ2n) is 12.4. The molecule has 258 valence electrons. The van der Waals surface area contributed by atoms with Crippen molar-refractivity contribution < 1.29 is 55.1 Å². The van der Waals surface area contributed by atoms with Gasteiger partial charge in [0, 0.05) is 30.3 Å². The molecule has 0 radical (unpaired) electrons. The van der Waals surface area contributed by atoms with Gasteiger partial charge in [-0.2, -0.15) is 26.3 Å². The van der Waals surface area contributed by atoms with Gasteiger partial charge in [0.25, 0.3) is 29.5 Å². The van der Waals surface area contributed by atoms with Crippen LogP contribution in [0.25, 0.3) is 0 Å². The van der Waals surface area contributed by atoms with Gasteiger partial charge in [0.15, 0.2) is 5.78 Å². The average Bonchev–Trinajstić information content (AvgIpc) is 3.42. The monoisotopic (exact) mass is 705 g/mol. The summed E-state index contributed by atoms with van der Waals surface area (Å²) in [7, 11) is 1.03. The van der Waals surface area contributed by atoms with Gasteiger partial charge in [0.05, 0.1) is 27.9 Å². The Morgan fingerprint density at radius 1 is 0.647 bits per heavy atom. The number of benzene rings is 4. The second-order valence-corrected chi connectivity index (χ2v) is 12.4. The van der Waals surface area contributed by atoms with Crippen LogP contribution in [0.3, 0.4) is 0 Å². The molecule has 51 heavy (non-hydrogen) atoms. The van der Waals surface area contributed by atoms with Gasteiger partial charge in [-0.05, 0) is 83.8 Å². The number of carbonyl (C=O) groups excluding carboxylic acids is 6. The largest absolute Gasteiger partial charge is 0.411 e. The number of amides is 5. The number of nitrogens with zero attached hydrogens (tertiary/aromatic N) is 2. The van der Waals surface area contributed by atoms with Crippen molar-refractivity contribution in [2.75, 3.05) is 17.3 Å². The number of rotatable bonds is 5. The van der Waals surface area contributed by atoms with E-state index in [0.29, 0.717) is 63.0 Å². The average molecular weight is 706 g/mol. The van der Waals surface area contributed by atoms with Crippen LogP contribution in [0.2, 0.25) is 0 Å². The SMILES string of the molecule is Cc1cc(C(=O)Nc2ccc3c(c2)C(=O)C3)cc(N2C(=O)c3ccc(C(c4ccc5c(c4)C(=O)N(C)C5=O)(C(F)(F)F)C(F)(F)F)cc3C2=O)c1. The number of hydrogen-bond donors (Lipinski definition) is 1. The molecule has 9 nitrogen and oxygen atoms in total. The number of ketones is 1. The summed E-state index contributed by atoms with van der Waals surface area (Å²) in [6.07, 6.45) is -11.9. The molecule has 0 atom stereocenters. The Labute approximate surface area is 283 Å². The maximum Gasteiger partial charge on any atom is 0.411 e. The van der Waals surface area contributed by atoms with E-state index in [0.717, 1.165) is 18.7 Å². The molecule has 0 aromatic heterocycles. The van der Waals surface area contributed by atoms with E-state index in [9.17, 15) is 55.1 Å². The van der Waals surface area contributed by atoms with Crippen molar-refractivity contribution in [3.8, 4) is 0 Å². The van der Waals surface area contributed by atoms with Crippen LogP contribution in [0.5, 0.6) is 0 Å². The molecule has 4 aromatic carbocycles. The molecule has 0 fully saturated rings. The van der Waals surface area contributed by atoms with Crippen LogP contribution in [0.1, 0.15) is 84.4 Å². The van der Waals surface area contributed by atoms with Gasteiger partial charge in [0.1, 0.15) is 0 Å². The number of imide groups is 2. The second kappa shape index (κ2) is 10.9. The predicted octanol–water partition coefficient (Wildman–Crippen LogP) is 6.42. The lowest BCUT2D eigenvalue weighted by molar-refractivity contribution is -0.288. The fourth-order valence-corrected chi connectivity index (χ4v) is 6.74. The standard InChI is InChI=1S/C36H21F6N3O6/c1-16-9-18(29(47)43-21-6-3-17-12-28(46)25(17)15-21)11-22(10-16)45-32(50)24-8-5-20(14-27(24)33(45)51)34(35(37,38)39,36(40,41)42)19-4-7-23-26(13-19)31(49)44(2)30(23)48/h3-11,13-15H,12H2,1-2H3,(H,43,47). The Morgan fingerprint density at radius 3 is 1.78 bits per heavy atom. The van der Waals surface area contributed by atoms with E-state index in [4.69, 9.17) is 0 Å². The number of halogens is 6. The van der Waals surface area contributed by atoms with Crippen LogP contribution in [0.4, 0.5) is 37.7 Å². The molecule has 2 aliphatic heterocycles. The first-order chi connectivity index (χ1) is 23.8. The number of fused-ring (bicyclic) bond motifs is 3. The first-order valence-corrected chi connectivity index (χ1v) is 15.1. The van der Waals surface area contributed by atoms with Crippen molar-refractivity contribution in [1.82, 2.24) is 4.90 Å². The Morgan fingerprint density at radius 2 is 1.20 bits per heavy atom. The lowest BCUT2D eigenvalue weighted by atomic mass is 9.71. The van der Waals surface area contributed by atoms with Crippen molar-refractivity contribution in [2.45, 2.75) is 31.1 Å². The molecular formula is C36H21F6N3O6. The molecule has 3 aliphatic rings. The van der Waals surface area contributed by atoms with E-state index in [1.165, 1.54) is 25.1 Å². The Kier molecular flexibility index (Phi) is 7.16. The van der Waals surface area contributed by atoms with Crippen LogP contribution in [-0.4, -0.2) is 59.6 Å². The van der Waals surface area contributed by atoms with Crippen molar-refractivity contribution >= 4 is 46.7 Å². The van der Waals surface area contributed by atoms with Crippen LogP contribution >= 0.6 is 0 Å². The molecule has 0 spiro atoms. The Hall–Kier alpha value is -6.12. The minimum absolute atomic E-state index is 0.0419. The van der Waals surface area contributed by atoms with E-state index >= 15 is 0 Å². The maximum absolute atomic E-state index is 15.0. The maximum atomic E-state index is 15.0. The zero-order valence-electron chi connectivity index (χ0n) is 26.2.